The van der Waals surface area contributed by atoms with Gasteiger partial charge in [0, 0.05) is 6.20 Å². The molecule has 0 amide bonds. The number of pyridine rings is 1. The van der Waals surface area contributed by atoms with Gasteiger partial charge in [0.2, 0.25) is 0 Å². The molecule has 0 saturated heterocycles. The van der Waals surface area contributed by atoms with E-state index >= 15 is 0 Å². The lowest BCUT2D eigenvalue weighted by Gasteiger charge is -2.17. The monoisotopic (exact) mass is 252 g/mol. The highest BCUT2D eigenvalue weighted by Gasteiger charge is 2.35. The van der Waals surface area contributed by atoms with Crippen LogP contribution in [0, 0.1) is 0 Å². The Morgan fingerprint density at radius 2 is 1.67 bits per heavy atom. The first-order chi connectivity index (χ1) is 8.50. The van der Waals surface area contributed by atoms with Gasteiger partial charge >= 0.3 is 6.18 Å². The van der Waals surface area contributed by atoms with Crippen molar-refractivity contribution in [3.05, 3.63) is 65.5 Å². The molecule has 1 unspecified atom stereocenters. The van der Waals surface area contributed by atoms with Gasteiger partial charge in [0.1, 0.15) is 0 Å². The second-order valence-corrected chi connectivity index (χ2v) is 3.82. The molecule has 2 N–H and O–H groups in total. The number of aromatic nitrogens is 1. The first-order valence-corrected chi connectivity index (χ1v) is 5.33. The molecule has 0 spiro atoms. The third kappa shape index (κ3) is 2.51. The summed E-state index contributed by atoms with van der Waals surface area (Å²) in [6.07, 6.45) is -3.14. The molecule has 0 aliphatic heterocycles. The second-order valence-electron chi connectivity index (χ2n) is 3.82. The predicted molar refractivity (Wildman–Crippen MR) is 61.7 cm³/mol. The number of halogens is 3. The number of alkyl halides is 3. The van der Waals surface area contributed by atoms with Crippen LogP contribution in [-0.4, -0.2) is 4.98 Å². The highest BCUT2D eigenvalue weighted by Crippen LogP contribution is 2.34. The molecule has 0 bridgehead atoms. The summed E-state index contributed by atoms with van der Waals surface area (Å²) in [7, 11) is 0. The molecule has 1 heterocycles. The molecule has 2 aromatic rings. The summed E-state index contributed by atoms with van der Waals surface area (Å²) in [6, 6.07) is 9.95. The number of nitrogens with two attached hydrogens (primary N) is 1. The third-order valence-electron chi connectivity index (χ3n) is 2.60. The molecule has 2 nitrogen and oxygen atoms in total. The molecule has 2 rings (SSSR count). The van der Waals surface area contributed by atoms with Crippen LogP contribution in [0.15, 0.2) is 48.7 Å². The smallest absolute Gasteiger partial charge is 0.319 e. The van der Waals surface area contributed by atoms with Crippen molar-refractivity contribution in [1.82, 2.24) is 4.98 Å². The fourth-order valence-electron chi connectivity index (χ4n) is 1.72. The Bertz CT molecular complexity index is 523. The Morgan fingerprint density at radius 3 is 2.28 bits per heavy atom. The second kappa shape index (κ2) is 4.78. The lowest BCUT2D eigenvalue weighted by atomic mass is 10.00. The van der Waals surface area contributed by atoms with Gasteiger partial charge < -0.3 is 5.73 Å². The summed E-state index contributed by atoms with van der Waals surface area (Å²) in [5.74, 6) is 0. The van der Waals surface area contributed by atoms with Gasteiger partial charge in [-0.05, 0) is 17.7 Å². The maximum Gasteiger partial charge on any atom is 0.418 e. The highest BCUT2D eigenvalue weighted by atomic mass is 19.4. The van der Waals surface area contributed by atoms with E-state index in [-0.39, 0.29) is 5.69 Å². The van der Waals surface area contributed by atoms with Gasteiger partial charge in [0.05, 0.1) is 17.3 Å². The molecule has 0 saturated carbocycles. The number of benzene rings is 1. The summed E-state index contributed by atoms with van der Waals surface area (Å²) in [5.41, 5.74) is 5.50. The van der Waals surface area contributed by atoms with Crippen LogP contribution in [-0.2, 0) is 6.18 Å². The van der Waals surface area contributed by atoms with Gasteiger partial charge in [-0.3, -0.25) is 4.98 Å². The van der Waals surface area contributed by atoms with E-state index in [4.69, 9.17) is 5.73 Å². The fourth-order valence-corrected chi connectivity index (χ4v) is 1.72. The van der Waals surface area contributed by atoms with E-state index in [1.165, 1.54) is 12.3 Å². The Kier molecular flexibility index (Phi) is 3.34. The zero-order valence-corrected chi connectivity index (χ0v) is 9.35. The van der Waals surface area contributed by atoms with Crippen molar-refractivity contribution in [2.24, 2.45) is 5.73 Å². The molecule has 1 atom stereocenters. The zero-order chi connectivity index (χ0) is 13.2. The van der Waals surface area contributed by atoms with Crippen LogP contribution in [0.2, 0.25) is 0 Å². The molecular formula is C13H11F3N2. The normalized spacial score (nSPS) is 13.3. The van der Waals surface area contributed by atoms with Crippen LogP contribution in [0.3, 0.4) is 0 Å². The number of nitrogens with zero attached hydrogens (tertiary/aromatic N) is 1. The average molecular weight is 252 g/mol. The Labute approximate surface area is 102 Å². The summed E-state index contributed by atoms with van der Waals surface area (Å²) < 4.78 is 38.5. The maximum absolute atomic E-state index is 12.8. The quantitative estimate of drug-likeness (QED) is 0.891. The van der Waals surface area contributed by atoms with Crippen molar-refractivity contribution in [3.8, 4) is 0 Å². The van der Waals surface area contributed by atoms with Crippen LogP contribution >= 0.6 is 0 Å². The minimum absolute atomic E-state index is 0.156. The standard InChI is InChI=1S/C13H11F3N2/c14-13(15,16)10-7-4-8-18-12(10)11(17)9-5-2-1-3-6-9/h1-8,11H,17H2. The van der Waals surface area contributed by atoms with Gasteiger partial charge in [0.15, 0.2) is 0 Å². The van der Waals surface area contributed by atoms with Crippen molar-refractivity contribution in [2.75, 3.05) is 0 Å². The predicted octanol–water partition coefficient (Wildman–Crippen LogP) is 3.15. The number of rotatable bonds is 2. The van der Waals surface area contributed by atoms with Crippen molar-refractivity contribution < 1.29 is 13.2 Å². The van der Waals surface area contributed by atoms with Crippen molar-refractivity contribution in [2.45, 2.75) is 12.2 Å². The van der Waals surface area contributed by atoms with Gasteiger partial charge in [-0.2, -0.15) is 13.2 Å². The van der Waals surface area contributed by atoms with Gasteiger partial charge in [-0.25, -0.2) is 0 Å². The molecular weight excluding hydrogens is 241 g/mol. The van der Waals surface area contributed by atoms with Crippen LogP contribution in [0.1, 0.15) is 22.9 Å². The Balaban J connectivity index is 2.46. The molecule has 0 aliphatic carbocycles. The van der Waals surface area contributed by atoms with Crippen molar-refractivity contribution >= 4 is 0 Å². The largest absolute Gasteiger partial charge is 0.418 e. The molecule has 0 radical (unpaired) electrons. The topological polar surface area (TPSA) is 38.9 Å². The van der Waals surface area contributed by atoms with Crippen LogP contribution in [0.4, 0.5) is 13.2 Å². The summed E-state index contributed by atoms with van der Waals surface area (Å²) >= 11 is 0. The van der Waals surface area contributed by atoms with E-state index in [1.54, 1.807) is 30.3 Å². The molecule has 94 valence electrons. The molecule has 1 aromatic carbocycles. The molecule has 18 heavy (non-hydrogen) atoms. The van der Waals surface area contributed by atoms with Gasteiger partial charge in [-0.15, -0.1) is 0 Å². The van der Waals surface area contributed by atoms with E-state index in [1.807, 2.05) is 0 Å². The molecule has 0 aliphatic rings. The van der Waals surface area contributed by atoms with Crippen LogP contribution in [0.5, 0.6) is 0 Å². The fraction of sp³-hybridized carbons (Fsp3) is 0.154. The lowest BCUT2D eigenvalue weighted by Crippen LogP contribution is -2.19. The first-order valence-electron chi connectivity index (χ1n) is 5.33. The van der Waals surface area contributed by atoms with E-state index in [0.717, 1.165) is 6.07 Å². The minimum Gasteiger partial charge on any atom is -0.319 e. The van der Waals surface area contributed by atoms with E-state index < -0.39 is 17.8 Å². The SMILES string of the molecule is NC(c1ccccc1)c1ncccc1C(F)(F)F. The third-order valence-corrected chi connectivity index (χ3v) is 2.60. The van der Waals surface area contributed by atoms with E-state index in [2.05, 4.69) is 4.98 Å². The molecule has 0 fully saturated rings. The van der Waals surface area contributed by atoms with Gasteiger partial charge in [0.25, 0.3) is 0 Å². The van der Waals surface area contributed by atoms with Gasteiger partial charge in [-0.1, -0.05) is 30.3 Å². The van der Waals surface area contributed by atoms with Crippen LogP contribution in [0.25, 0.3) is 0 Å². The van der Waals surface area contributed by atoms with Crippen molar-refractivity contribution in [1.29, 1.82) is 0 Å². The molecule has 1 aromatic heterocycles. The van der Waals surface area contributed by atoms with Crippen LogP contribution < -0.4 is 5.73 Å². The summed E-state index contributed by atoms with van der Waals surface area (Å²) in [5, 5.41) is 0. The van der Waals surface area contributed by atoms with Crippen molar-refractivity contribution in [3.63, 3.8) is 0 Å². The summed E-state index contributed by atoms with van der Waals surface area (Å²) in [4.78, 5) is 3.78. The van der Waals surface area contributed by atoms with E-state index in [9.17, 15) is 13.2 Å². The average Bonchev–Trinajstić information content (AvgIpc) is 2.38. The highest BCUT2D eigenvalue weighted by molar-refractivity contribution is 5.33. The zero-order valence-electron chi connectivity index (χ0n) is 9.35. The number of hydrogen-bond donors (Lipinski definition) is 1. The van der Waals surface area contributed by atoms with E-state index in [0.29, 0.717) is 5.56 Å². The summed E-state index contributed by atoms with van der Waals surface area (Å²) in [6.45, 7) is 0. The molecule has 5 heteroatoms. The Hall–Kier alpha value is -1.88. The number of hydrogen-bond acceptors (Lipinski definition) is 2. The minimum atomic E-state index is -4.45. The maximum atomic E-state index is 12.8. The Morgan fingerprint density at radius 1 is 1.00 bits per heavy atom. The first kappa shape index (κ1) is 12.6. The lowest BCUT2D eigenvalue weighted by molar-refractivity contribution is -0.138.